The zero-order valence-corrected chi connectivity index (χ0v) is 22.7. The van der Waals surface area contributed by atoms with Crippen molar-refractivity contribution in [2.24, 2.45) is 5.92 Å². The third kappa shape index (κ3) is 7.40. The molecular formula is C29H34N6O2S. The van der Waals surface area contributed by atoms with E-state index in [0.717, 1.165) is 49.1 Å². The normalized spacial score (nSPS) is 14.6. The SMILES string of the molecule is CC(C)C[C@H](NC(=O)c1ccc(-c2csc(N3CCN(Cc4ccccc4)CC3)n2)cc1)C(=O)NCC#N. The Morgan fingerprint density at radius 1 is 1.05 bits per heavy atom. The number of carbonyl (C=O) groups excluding carboxylic acids is 2. The Hall–Kier alpha value is -3.74. The van der Waals surface area contributed by atoms with Gasteiger partial charge in [0.05, 0.1) is 11.8 Å². The second kappa shape index (κ2) is 13.2. The number of amides is 2. The Morgan fingerprint density at radius 2 is 1.76 bits per heavy atom. The van der Waals surface area contributed by atoms with Gasteiger partial charge in [-0.3, -0.25) is 14.5 Å². The fraction of sp³-hybridized carbons (Fsp3) is 0.379. The summed E-state index contributed by atoms with van der Waals surface area (Å²) in [5, 5.41) is 17.2. The molecule has 3 aromatic rings. The van der Waals surface area contributed by atoms with E-state index in [-0.39, 0.29) is 24.3 Å². The Bertz CT molecular complexity index is 1240. The van der Waals surface area contributed by atoms with Gasteiger partial charge in [0, 0.05) is 49.2 Å². The highest BCUT2D eigenvalue weighted by molar-refractivity contribution is 7.14. The fourth-order valence-electron chi connectivity index (χ4n) is 4.47. The van der Waals surface area contributed by atoms with Crippen LogP contribution in [0.1, 0.15) is 36.2 Å². The largest absolute Gasteiger partial charge is 0.346 e. The maximum Gasteiger partial charge on any atom is 0.251 e. The lowest BCUT2D eigenvalue weighted by molar-refractivity contribution is -0.123. The molecule has 1 aromatic heterocycles. The van der Waals surface area contributed by atoms with E-state index in [2.05, 4.69) is 50.1 Å². The van der Waals surface area contributed by atoms with Gasteiger partial charge in [0.1, 0.15) is 12.6 Å². The van der Waals surface area contributed by atoms with Gasteiger partial charge in [-0.05, 0) is 30.0 Å². The van der Waals surface area contributed by atoms with Crippen molar-refractivity contribution in [3.8, 4) is 17.3 Å². The Morgan fingerprint density at radius 3 is 2.42 bits per heavy atom. The molecule has 4 rings (SSSR count). The zero-order chi connectivity index (χ0) is 26.9. The van der Waals surface area contributed by atoms with Gasteiger partial charge < -0.3 is 15.5 Å². The Labute approximate surface area is 228 Å². The van der Waals surface area contributed by atoms with Crippen LogP contribution in [0.4, 0.5) is 5.13 Å². The van der Waals surface area contributed by atoms with E-state index < -0.39 is 6.04 Å². The minimum Gasteiger partial charge on any atom is -0.346 e. The van der Waals surface area contributed by atoms with Crippen LogP contribution in [0.25, 0.3) is 11.3 Å². The highest BCUT2D eigenvalue weighted by Crippen LogP contribution is 2.28. The number of nitrogens with one attached hydrogen (secondary N) is 2. The van der Waals surface area contributed by atoms with E-state index in [9.17, 15) is 9.59 Å². The molecule has 2 aromatic carbocycles. The van der Waals surface area contributed by atoms with Gasteiger partial charge in [0.2, 0.25) is 5.91 Å². The predicted molar refractivity (Wildman–Crippen MR) is 151 cm³/mol. The lowest BCUT2D eigenvalue weighted by Crippen LogP contribution is -2.47. The van der Waals surface area contributed by atoms with Crippen LogP contribution < -0.4 is 15.5 Å². The van der Waals surface area contributed by atoms with Crippen molar-refractivity contribution in [3.63, 3.8) is 0 Å². The van der Waals surface area contributed by atoms with Gasteiger partial charge in [-0.1, -0.05) is 56.3 Å². The standard InChI is InChI=1S/C29H34N6O2S/c1-21(2)18-25(28(37)31-13-12-30)32-27(36)24-10-8-23(9-11-24)26-20-38-29(33-26)35-16-14-34(15-17-35)19-22-6-4-3-5-7-22/h3-11,20-21,25H,13-19H2,1-2H3,(H,31,37)(H,32,36)/t25-/m0/s1. The second-order valence-corrected chi connectivity index (χ2v) is 10.7. The number of piperazine rings is 1. The smallest absolute Gasteiger partial charge is 0.251 e. The Balaban J connectivity index is 1.33. The highest BCUT2D eigenvalue weighted by Gasteiger charge is 2.23. The monoisotopic (exact) mass is 530 g/mol. The van der Waals surface area contributed by atoms with Crippen molar-refractivity contribution in [1.29, 1.82) is 5.26 Å². The van der Waals surface area contributed by atoms with Crippen molar-refractivity contribution in [3.05, 3.63) is 71.1 Å². The van der Waals surface area contributed by atoms with Gasteiger partial charge in [-0.25, -0.2) is 4.98 Å². The Kier molecular flexibility index (Phi) is 9.46. The molecule has 0 spiro atoms. The molecule has 2 N–H and O–H groups in total. The summed E-state index contributed by atoms with van der Waals surface area (Å²) in [5.74, 6) is -0.455. The number of rotatable bonds is 10. The molecule has 0 radical (unpaired) electrons. The number of aromatic nitrogens is 1. The summed E-state index contributed by atoms with van der Waals surface area (Å²) in [6.07, 6.45) is 0.489. The molecule has 2 amide bonds. The first kappa shape index (κ1) is 27.3. The summed E-state index contributed by atoms with van der Waals surface area (Å²) in [5.41, 5.74) is 3.64. The summed E-state index contributed by atoms with van der Waals surface area (Å²) in [7, 11) is 0. The lowest BCUT2D eigenvalue weighted by Gasteiger charge is -2.34. The average Bonchev–Trinajstić information content (AvgIpc) is 3.42. The van der Waals surface area contributed by atoms with Crippen LogP contribution in [0.5, 0.6) is 0 Å². The summed E-state index contributed by atoms with van der Waals surface area (Å²) in [6, 6.07) is 19.1. The van der Waals surface area contributed by atoms with Gasteiger partial charge >= 0.3 is 0 Å². The number of nitrogens with zero attached hydrogens (tertiary/aromatic N) is 4. The van der Waals surface area contributed by atoms with Crippen LogP contribution in [0.15, 0.2) is 60.0 Å². The van der Waals surface area contributed by atoms with Gasteiger partial charge in [-0.2, -0.15) is 5.26 Å². The summed E-state index contributed by atoms with van der Waals surface area (Å²) >= 11 is 1.64. The number of hydrogen-bond donors (Lipinski definition) is 2. The molecule has 1 fully saturated rings. The van der Waals surface area contributed by atoms with E-state index in [4.69, 9.17) is 10.2 Å². The van der Waals surface area contributed by atoms with E-state index in [1.54, 1.807) is 23.5 Å². The van der Waals surface area contributed by atoms with Gasteiger partial charge in [-0.15, -0.1) is 11.3 Å². The molecule has 9 heteroatoms. The van der Waals surface area contributed by atoms with Crippen molar-refractivity contribution in [2.75, 3.05) is 37.6 Å². The zero-order valence-electron chi connectivity index (χ0n) is 21.9. The van der Waals surface area contributed by atoms with Gasteiger partial charge in [0.25, 0.3) is 5.91 Å². The number of thiazole rings is 1. The molecular weight excluding hydrogens is 496 g/mol. The van der Waals surface area contributed by atoms with Gasteiger partial charge in [0.15, 0.2) is 5.13 Å². The molecule has 1 saturated heterocycles. The maximum atomic E-state index is 12.8. The molecule has 1 atom stereocenters. The molecule has 0 bridgehead atoms. The van der Waals surface area contributed by atoms with Crippen LogP contribution >= 0.6 is 11.3 Å². The van der Waals surface area contributed by atoms with E-state index >= 15 is 0 Å². The molecule has 1 aliphatic heterocycles. The van der Waals surface area contributed by atoms with Crippen LogP contribution in [-0.4, -0.2) is 60.5 Å². The van der Waals surface area contributed by atoms with Crippen molar-refractivity contribution in [1.82, 2.24) is 20.5 Å². The number of hydrogen-bond acceptors (Lipinski definition) is 7. The molecule has 0 saturated carbocycles. The van der Waals surface area contributed by atoms with Crippen LogP contribution in [-0.2, 0) is 11.3 Å². The van der Waals surface area contributed by atoms with Crippen LogP contribution in [0, 0.1) is 17.2 Å². The van der Waals surface area contributed by atoms with Crippen molar-refractivity contribution in [2.45, 2.75) is 32.9 Å². The minimum atomic E-state index is -0.690. The number of benzene rings is 2. The first-order chi connectivity index (χ1) is 18.4. The fourth-order valence-corrected chi connectivity index (χ4v) is 5.36. The molecule has 0 aliphatic carbocycles. The number of nitriles is 1. The lowest BCUT2D eigenvalue weighted by atomic mass is 10.0. The molecule has 0 unspecified atom stereocenters. The van der Waals surface area contributed by atoms with Crippen LogP contribution in [0.3, 0.4) is 0 Å². The van der Waals surface area contributed by atoms with Crippen LogP contribution in [0.2, 0.25) is 0 Å². The molecule has 2 heterocycles. The van der Waals surface area contributed by atoms with E-state index in [0.29, 0.717) is 12.0 Å². The van der Waals surface area contributed by atoms with E-state index in [1.807, 2.05) is 38.1 Å². The average molecular weight is 531 g/mol. The third-order valence-corrected chi connectivity index (χ3v) is 7.40. The summed E-state index contributed by atoms with van der Waals surface area (Å²) in [4.78, 5) is 34.9. The second-order valence-electron chi connectivity index (χ2n) is 9.87. The van der Waals surface area contributed by atoms with Crippen molar-refractivity contribution >= 4 is 28.3 Å². The quantitative estimate of drug-likeness (QED) is 0.386. The summed E-state index contributed by atoms with van der Waals surface area (Å²) in [6.45, 7) is 8.74. The predicted octanol–water partition coefficient (Wildman–Crippen LogP) is 3.92. The number of carbonyl (C=O) groups is 2. The molecule has 8 nitrogen and oxygen atoms in total. The molecule has 38 heavy (non-hydrogen) atoms. The number of anilines is 1. The highest BCUT2D eigenvalue weighted by atomic mass is 32.1. The topological polar surface area (TPSA) is 101 Å². The molecule has 1 aliphatic rings. The maximum absolute atomic E-state index is 12.8. The third-order valence-electron chi connectivity index (χ3n) is 6.50. The first-order valence-corrected chi connectivity index (χ1v) is 13.8. The minimum absolute atomic E-state index is 0.0863. The molecule has 198 valence electrons. The van der Waals surface area contributed by atoms with E-state index in [1.165, 1.54) is 5.56 Å². The van der Waals surface area contributed by atoms with Crippen molar-refractivity contribution < 1.29 is 9.59 Å². The summed E-state index contributed by atoms with van der Waals surface area (Å²) < 4.78 is 0. The first-order valence-electron chi connectivity index (χ1n) is 13.0.